The molecule has 1 aliphatic carbocycles. The van der Waals surface area contributed by atoms with Crippen molar-refractivity contribution in [2.45, 2.75) is 25.3 Å². The smallest absolute Gasteiger partial charge is 0.191 e. The second kappa shape index (κ2) is 8.72. The highest BCUT2D eigenvalue weighted by Gasteiger charge is 2.24. The van der Waals surface area contributed by atoms with Crippen LogP contribution in [-0.4, -0.2) is 51.9 Å². The van der Waals surface area contributed by atoms with Gasteiger partial charge in [0.25, 0.3) is 0 Å². The van der Waals surface area contributed by atoms with Gasteiger partial charge in [0, 0.05) is 43.8 Å². The summed E-state index contributed by atoms with van der Waals surface area (Å²) in [5, 5.41) is 6.87. The van der Waals surface area contributed by atoms with Crippen molar-refractivity contribution < 1.29 is 4.74 Å². The van der Waals surface area contributed by atoms with Crippen LogP contribution < -0.4 is 15.5 Å². The molecule has 1 heterocycles. The van der Waals surface area contributed by atoms with E-state index in [2.05, 4.69) is 60.7 Å². The van der Waals surface area contributed by atoms with E-state index in [-0.39, 0.29) is 0 Å². The predicted molar refractivity (Wildman–Crippen MR) is 103 cm³/mol. The van der Waals surface area contributed by atoms with E-state index < -0.39 is 0 Å². The van der Waals surface area contributed by atoms with Crippen LogP contribution >= 0.6 is 15.9 Å². The van der Waals surface area contributed by atoms with E-state index in [1.807, 2.05) is 7.05 Å². The molecule has 1 aliphatic heterocycles. The number of hydrogen-bond donors (Lipinski definition) is 2. The lowest BCUT2D eigenvalue weighted by Gasteiger charge is -2.21. The van der Waals surface area contributed by atoms with Gasteiger partial charge in [-0.25, -0.2) is 0 Å². The van der Waals surface area contributed by atoms with Crippen LogP contribution in [0.1, 0.15) is 19.3 Å². The molecule has 2 fully saturated rings. The van der Waals surface area contributed by atoms with Crippen LogP contribution in [0.2, 0.25) is 0 Å². The van der Waals surface area contributed by atoms with Gasteiger partial charge in [-0.3, -0.25) is 4.99 Å². The Kier molecular flexibility index (Phi) is 6.37. The number of ether oxygens (including phenoxy) is 1. The summed E-state index contributed by atoms with van der Waals surface area (Å²) in [5.74, 6) is 1.69. The van der Waals surface area contributed by atoms with Crippen LogP contribution in [0.3, 0.4) is 0 Å². The van der Waals surface area contributed by atoms with Crippen LogP contribution in [0.5, 0.6) is 0 Å². The molecule has 1 saturated carbocycles. The van der Waals surface area contributed by atoms with E-state index in [0.29, 0.717) is 6.04 Å². The molecule has 0 amide bonds. The lowest BCUT2D eigenvalue weighted by atomic mass is 10.3. The summed E-state index contributed by atoms with van der Waals surface area (Å²) in [6, 6.07) is 8.81. The largest absolute Gasteiger partial charge is 0.379 e. The molecule has 1 atom stereocenters. The molecule has 3 rings (SSSR count). The SMILES string of the molecule is CN=C(NCCOCC1CC1)NC1CCN(c2ccccc2Br)C1. The van der Waals surface area contributed by atoms with Gasteiger partial charge in [0.2, 0.25) is 0 Å². The third kappa shape index (κ3) is 5.11. The molecule has 1 saturated heterocycles. The summed E-state index contributed by atoms with van der Waals surface area (Å²) < 4.78 is 6.81. The first-order valence-electron chi connectivity index (χ1n) is 8.80. The Labute approximate surface area is 153 Å². The third-order valence-corrected chi connectivity index (χ3v) is 5.21. The Balaban J connectivity index is 1.39. The molecule has 1 unspecified atom stereocenters. The molecule has 0 spiro atoms. The summed E-state index contributed by atoms with van der Waals surface area (Å²) in [5.41, 5.74) is 1.26. The number of guanidine groups is 1. The van der Waals surface area contributed by atoms with E-state index in [1.165, 1.54) is 18.5 Å². The first-order chi connectivity index (χ1) is 11.8. The summed E-state index contributed by atoms with van der Waals surface area (Å²) in [6.45, 7) is 4.50. The Morgan fingerprint density at radius 1 is 1.33 bits per heavy atom. The van der Waals surface area contributed by atoms with Gasteiger partial charge in [0.05, 0.1) is 12.3 Å². The summed E-state index contributed by atoms with van der Waals surface area (Å²) in [6.07, 6.45) is 3.79. The minimum atomic E-state index is 0.413. The average molecular weight is 395 g/mol. The van der Waals surface area contributed by atoms with Crippen molar-refractivity contribution in [3.8, 4) is 0 Å². The number of rotatable bonds is 7. The molecule has 132 valence electrons. The van der Waals surface area contributed by atoms with Gasteiger partial charge in [-0.2, -0.15) is 0 Å². The number of anilines is 1. The maximum atomic E-state index is 5.65. The first-order valence-corrected chi connectivity index (χ1v) is 9.60. The van der Waals surface area contributed by atoms with Gasteiger partial charge in [-0.15, -0.1) is 0 Å². The van der Waals surface area contributed by atoms with Gasteiger partial charge in [-0.05, 0) is 53.2 Å². The zero-order valence-corrected chi connectivity index (χ0v) is 15.9. The number of para-hydroxylation sites is 1. The fraction of sp³-hybridized carbons (Fsp3) is 0.611. The van der Waals surface area contributed by atoms with Crippen LogP contribution in [-0.2, 0) is 4.74 Å². The summed E-state index contributed by atoms with van der Waals surface area (Å²) in [7, 11) is 1.82. The number of halogens is 1. The van der Waals surface area contributed by atoms with Gasteiger partial charge < -0.3 is 20.3 Å². The van der Waals surface area contributed by atoms with E-state index in [0.717, 1.165) is 55.6 Å². The highest BCUT2D eigenvalue weighted by Crippen LogP contribution is 2.29. The fourth-order valence-corrected chi connectivity index (χ4v) is 3.50. The van der Waals surface area contributed by atoms with Gasteiger partial charge >= 0.3 is 0 Å². The Morgan fingerprint density at radius 3 is 2.92 bits per heavy atom. The molecule has 0 bridgehead atoms. The van der Waals surface area contributed by atoms with E-state index in [1.54, 1.807) is 0 Å². The normalized spacial score (nSPS) is 21.2. The average Bonchev–Trinajstić information content (AvgIpc) is 3.31. The number of nitrogens with one attached hydrogen (secondary N) is 2. The van der Waals surface area contributed by atoms with Gasteiger partial charge in [-0.1, -0.05) is 12.1 Å². The standard InChI is InChI=1S/C18H27BrN4O/c1-20-18(21-9-11-24-13-14-6-7-14)22-15-8-10-23(12-15)17-5-3-2-4-16(17)19/h2-5,14-15H,6-13H2,1H3,(H2,20,21,22). The quantitative estimate of drug-likeness (QED) is 0.423. The van der Waals surface area contributed by atoms with Gasteiger partial charge in [0.15, 0.2) is 5.96 Å². The molecule has 1 aromatic rings. The van der Waals surface area contributed by atoms with Crippen molar-refractivity contribution in [1.29, 1.82) is 0 Å². The maximum absolute atomic E-state index is 5.65. The molecule has 24 heavy (non-hydrogen) atoms. The van der Waals surface area contributed by atoms with E-state index in [4.69, 9.17) is 4.74 Å². The molecule has 2 aliphatic rings. The maximum Gasteiger partial charge on any atom is 0.191 e. The molecule has 2 N–H and O–H groups in total. The molecule has 0 radical (unpaired) electrons. The van der Waals surface area contributed by atoms with Crippen molar-refractivity contribution in [3.63, 3.8) is 0 Å². The minimum absolute atomic E-state index is 0.413. The Bertz CT molecular complexity index is 562. The van der Waals surface area contributed by atoms with Crippen LogP contribution in [0.15, 0.2) is 33.7 Å². The second-order valence-corrected chi connectivity index (χ2v) is 7.40. The van der Waals surface area contributed by atoms with Gasteiger partial charge in [0.1, 0.15) is 0 Å². The molecular weight excluding hydrogens is 368 g/mol. The Morgan fingerprint density at radius 2 is 2.17 bits per heavy atom. The lowest BCUT2D eigenvalue weighted by molar-refractivity contribution is 0.129. The fourth-order valence-electron chi connectivity index (χ4n) is 2.97. The monoisotopic (exact) mass is 394 g/mol. The van der Waals surface area contributed by atoms with Crippen LogP contribution in [0, 0.1) is 5.92 Å². The van der Waals surface area contributed by atoms with Crippen LogP contribution in [0.25, 0.3) is 0 Å². The zero-order chi connectivity index (χ0) is 16.8. The lowest BCUT2D eigenvalue weighted by Crippen LogP contribution is -2.45. The summed E-state index contributed by atoms with van der Waals surface area (Å²) >= 11 is 3.64. The Hall–Kier alpha value is -1.27. The number of hydrogen-bond acceptors (Lipinski definition) is 3. The number of benzene rings is 1. The highest BCUT2D eigenvalue weighted by atomic mass is 79.9. The zero-order valence-electron chi connectivity index (χ0n) is 14.3. The number of nitrogens with zero attached hydrogens (tertiary/aromatic N) is 2. The van der Waals surface area contributed by atoms with Crippen molar-refractivity contribution in [2.75, 3.05) is 44.8 Å². The third-order valence-electron chi connectivity index (χ3n) is 4.54. The number of aliphatic imine (C=N–C) groups is 1. The molecule has 0 aromatic heterocycles. The molecular formula is C18H27BrN4O. The van der Waals surface area contributed by atoms with Crippen molar-refractivity contribution in [3.05, 3.63) is 28.7 Å². The van der Waals surface area contributed by atoms with Crippen LogP contribution in [0.4, 0.5) is 5.69 Å². The topological polar surface area (TPSA) is 48.9 Å². The van der Waals surface area contributed by atoms with Crippen molar-refractivity contribution in [2.24, 2.45) is 10.9 Å². The first kappa shape index (κ1) is 17.5. The van der Waals surface area contributed by atoms with E-state index >= 15 is 0 Å². The predicted octanol–water partition coefficient (Wildman–Crippen LogP) is 2.62. The highest BCUT2D eigenvalue weighted by molar-refractivity contribution is 9.10. The minimum Gasteiger partial charge on any atom is -0.379 e. The van der Waals surface area contributed by atoms with Crippen molar-refractivity contribution >= 4 is 27.6 Å². The van der Waals surface area contributed by atoms with E-state index in [9.17, 15) is 0 Å². The molecule has 1 aromatic carbocycles. The summed E-state index contributed by atoms with van der Waals surface area (Å²) in [4.78, 5) is 6.73. The molecule has 6 heteroatoms. The van der Waals surface area contributed by atoms with Crippen molar-refractivity contribution in [1.82, 2.24) is 10.6 Å². The molecule has 5 nitrogen and oxygen atoms in total. The second-order valence-electron chi connectivity index (χ2n) is 6.54.